The summed E-state index contributed by atoms with van der Waals surface area (Å²) in [7, 11) is 0. The van der Waals surface area contributed by atoms with E-state index in [9.17, 15) is 13.2 Å². The summed E-state index contributed by atoms with van der Waals surface area (Å²) in [5, 5.41) is 8.44. The van der Waals surface area contributed by atoms with Crippen LogP contribution in [-0.4, -0.2) is 17.6 Å². The van der Waals surface area contributed by atoms with Crippen LogP contribution in [0.5, 0.6) is 0 Å². The standard InChI is InChI=1S/C10H12F3NO/c1-6-2-7(4-8(11)3-6)9(14)10(12,13)5-15/h2-4,9,15H,5,14H2,1H3. The molecular weight excluding hydrogens is 207 g/mol. The van der Waals surface area contributed by atoms with E-state index in [1.54, 1.807) is 6.92 Å². The first-order valence-corrected chi connectivity index (χ1v) is 4.38. The molecule has 1 aromatic carbocycles. The highest BCUT2D eigenvalue weighted by Gasteiger charge is 2.37. The number of rotatable bonds is 3. The lowest BCUT2D eigenvalue weighted by Gasteiger charge is -2.21. The lowest BCUT2D eigenvalue weighted by Crippen LogP contribution is -2.36. The zero-order valence-electron chi connectivity index (χ0n) is 8.17. The molecule has 15 heavy (non-hydrogen) atoms. The van der Waals surface area contributed by atoms with Crippen molar-refractivity contribution in [1.82, 2.24) is 0 Å². The molecule has 0 aliphatic carbocycles. The number of aryl methyl sites for hydroxylation is 1. The largest absolute Gasteiger partial charge is 0.390 e. The van der Waals surface area contributed by atoms with E-state index in [1.807, 2.05) is 0 Å². The minimum Gasteiger partial charge on any atom is -0.390 e. The fourth-order valence-electron chi connectivity index (χ4n) is 1.29. The van der Waals surface area contributed by atoms with Crippen molar-refractivity contribution in [2.24, 2.45) is 5.73 Å². The van der Waals surface area contributed by atoms with Crippen molar-refractivity contribution < 1.29 is 18.3 Å². The van der Waals surface area contributed by atoms with Crippen LogP contribution in [0.15, 0.2) is 18.2 Å². The van der Waals surface area contributed by atoms with Crippen molar-refractivity contribution in [2.75, 3.05) is 6.61 Å². The van der Waals surface area contributed by atoms with Crippen LogP contribution in [0.2, 0.25) is 0 Å². The second-order valence-corrected chi connectivity index (χ2v) is 3.46. The number of benzene rings is 1. The van der Waals surface area contributed by atoms with Crippen LogP contribution in [-0.2, 0) is 0 Å². The number of nitrogens with two attached hydrogens (primary N) is 1. The summed E-state index contributed by atoms with van der Waals surface area (Å²) in [5.74, 6) is -4.06. The Labute approximate surface area is 85.5 Å². The van der Waals surface area contributed by atoms with E-state index in [2.05, 4.69) is 0 Å². The molecule has 2 nitrogen and oxygen atoms in total. The van der Waals surface area contributed by atoms with E-state index in [-0.39, 0.29) is 5.56 Å². The highest BCUT2D eigenvalue weighted by atomic mass is 19.3. The molecule has 0 heterocycles. The molecule has 0 bridgehead atoms. The molecule has 84 valence electrons. The Kier molecular flexibility index (Phi) is 3.36. The zero-order chi connectivity index (χ0) is 11.6. The molecule has 1 atom stereocenters. The van der Waals surface area contributed by atoms with Crippen molar-refractivity contribution in [3.8, 4) is 0 Å². The maximum Gasteiger partial charge on any atom is 0.289 e. The summed E-state index contributed by atoms with van der Waals surface area (Å²) < 4.78 is 38.9. The third kappa shape index (κ3) is 2.70. The van der Waals surface area contributed by atoms with E-state index < -0.39 is 24.4 Å². The van der Waals surface area contributed by atoms with Crippen molar-refractivity contribution in [1.29, 1.82) is 0 Å². The SMILES string of the molecule is Cc1cc(F)cc(C(N)C(F)(F)CO)c1. The number of aliphatic hydroxyl groups excluding tert-OH is 1. The Bertz CT molecular complexity index is 334. The fourth-order valence-corrected chi connectivity index (χ4v) is 1.29. The van der Waals surface area contributed by atoms with E-state index in [0.717, 1.165) is 6.07 Å². The number of hydrogen-bond donors (Lipinski definition) is 2. The third-order valence-electron chi connectivity index (χ3n) is 2.09. The summed E-state index contributed by atoms with van der Waals surface area (Å²) in [6, 6.07) is 1.84. The summed E-state index contributed by atoms with van der Waals surface area (Å²) in [5.41, 5.74) is 5.73. The topological polar surface area (TPSA) is 46.2 Å². The van der Waals surface area contributed by atoms with Gasteiger partial charge in [-0.3, -0.25) is 0 Å². The minimum absolute atomic E-state index is 0.0217. The molecule has 0 amide bonds. The normalized spacial score (nSPS) is 14.0. The van der Waals surface area contributed by atoms with Crippen LogP contribution in [0.3, 0.4) is 0 Å². The van der Waals surface area contributed by atoms with E-state index in [4.69, 9.17) is 10.8 Å². The first-order valence-electron chi connectivity index (χ1n) is 4.38. The van der Waals surface area contributed by atoms with Crippen molar-refractivity contribution in [3.05, 3.63) is 35.1 Å². The molecule has 0 fully saturated rings. The maximum absolute atomic E-state index is 13.0. The Morgan fingerprint density at radius 3 is 2.47 bits per heavy atom. The van der Waals surface area contributed by atoms with Crippen molar-refractivity contribution in [2.45, 2.75) is 18.9 Å². The van der Waals surface area contributed by atoms with E-state index in [0.29, 0.717) is 5.56 Å². The highest BCUT2D eigenvalue weighted by Crippen LogP contribution is 2.29. The molecule has 0 radical (unpaired) electrons. The maximum atomic E-state index is 13.0. The Hall–Kier alpha value is -1.07. The van der Waals surface area contributed by atoms with Gasteiger partial charge in [0.2, 0.25) is 0 Å². The van der Waals surface area contributed by atoms with Gasteiger partial charge in [0, 0.05) is 0 Å². The van der Waals surface area contributed by atoms with Gasteiger partial charge in [-0.1, -0.05) is 6.07 Å². The minimum atomic E-state index is -3.44. The summed E-state index contributed by atoms with van der Waals surface area (Å²) >= 11 is 0. The molecule has 0 aliphatic rings. The zero-order valence-corrected chi connectivity index (χ0v) is 8.17. The van der Waals surface area contributed by atoms with Crippen LogP contribution < -0.4 is 5.73 Å². The number of aliphatic hydroxyl groups is 1. The summed E-state index contributed by atoms with van der Waals surface area (Å²) in [4.78, 5) is 0. The van der Waals surface area contributed by atoms with E-state index >= 15 is 0 Å². The number of alkyl halides is 2. The average molecular weight is 219 g/mol. The molecule has 0 aromatic heterocycles. The van der Waals surface area contributed by atoms with Gasteiger partial charge >= 0.3 is 0 Å². The average Bonchev–Trinajstić information content (AvgIpc) is 2.15. The molecular formula is C10H12F3NO. The van der Waals surface area contributed by atoms with Crippen LogP contribution in [0.25, 0.3) is 0 Å². The third-order valence-corrected chi connectivity index (χ3v) is 2.09. The van der Waals surface area contributed by atoms with Crippen LogP contribution >= 0.6 is 0 Å². The van der Waals surface area contributed by atoms with Gasteiger partial charge < -0.3 is 10.8 Å². The molecule has 5 heteroatoms. The Balaban J connectivity index is 3.06. The second-order valence-electron chi connectivity index (χ2n) is 3.46. The van der Waals surface area contributed by atoms with E-state index in [1.165, 1.54) is 12.1 Å². The number of hydrogen-bond acceptors (Lipinski definition) is 2. The van der Waals surface area contributed by atoms with Gasteiger partial charge in [0.25, 0.3) is 5.92 Å². The van der Waals surface area contributed by atoms with Gasteiger partial charge in [-0.25, -0.2) is 13.2 Å². The lowest BCUT2D eigenvalue weighted by atomic mass is 10.00. The molecule has 1 rings (SSSR count). The van der Waals surface area contributed by atoms with Crippen LogP contribution in [0.1, 0.15) is 17.2 Å². The lowest BCUT2D eigenvalue weighted by molar-refractivity contribution is -0.0712. The molecule has 3 N–H and O–H groups in total. The smallest absolute Gasteiger partial charge is 0.289 e. The van der Waals surface area contributed by atoms with Gasteiger partial charge in [0.15, 0.2) is 0 Å². The first kappa shape index (κ1) is 12.0. The van der Waals surface area contributed by atoms with Gasteiger partial charge in [-0.2, -0.15) is 0 Å². The van der Waals surface area contributed by atoms with Gasteiger partial charge in [-0.05, 0) is 30.2 Å². The predicted molar refractivity (Wildman–Crippen MR) is 50.1 cm³/mol. The predicted octanol–water partition coefficient (Wildman–Crippen LogP) is 1.76. The molecule has 0 spiro atoms. The van der Waals surface area contributed by atoms with Gasteiger partial charge in [0.05, 0.1) is 6.04 Å². The highest BCUT2D eigenvalue weighted by molar-refractivity contribution is 5.27. The summed E-state index contributed by atoms with van der Waals surface area (Å²) in [6.45, 7) is 0.222. The second kappa shape index (κ2) is 4.20. The van der Waals surface area contributed by atoms with Gasteiger partial charge in [0.1, 0.15) is 12.4 Å². The van der Waals surface area contributed by atoms with Gasteiger partial charge in [-0.15, -0.1) is 0 Å². The Morgan fingerprint density at radius 2 is 2.00 bits per heavy atom. The monoisotopic (exact) mass is 219 g/mol. The van der Waals surface area contributed by atoms with Crippen molar-refractivity contribution >= 4 is 0 Å². The Morgan fingerprint density at radius 1 is 1.40 bits per heavy atom. The molecule has 1 unspecified atom stereocenters. The summed E-state index contributed by atoms with van der Waals surface area (Å²) in [6.07, 6.45) is 0. The molecule has 0 saturated carbocycles. The molecule has 0 saturated heterocycles. The molecule has 0 aliphatic heterocycles. The molecule has 1 aromatic rings. The number of halogens is 3. The van der Waals surface area contributed by atoms with Crippen LogP contribution in [0, 0.1) is 12.7 Å². The quantitative estimate of drug-likeness (QED) is 0.813. The first-order chi connectivity index (χ1) is 6.86. The van der Waals surface area contributed by atoms with Crippen molar-refractivity contribution in [3.63, 3.8) is 0 Å². The fraction of sp³-hybridized carbons (Fsp3) is 0.400. The van der Waals surface area contributed by atoms with Crippen LogP contribution in [0.4, 0.5) is 13.2 Å².